The van der Waals surface area contributed by atoms with Crippen LogP contribution < -0.4 is 11.1 Å². The Labute approximate surface area is 175 Å². The quantitative estimate of drug-likeness (QED) is 0.551. The summed E-state index contributed by atoms with van der Waals surface area (Å²) >= 11 is 13.1. The largest absolute Gasteiger partial charge is 0.397 e. The number of pyridine rings is 1. The molecular weight excluding hydrogens is 417 g/mol. The fourth-order valence-electron chi connectivity index (χ4n) is 3.43. The van der Waals surface area contributed by atoms with Crippen LogP contribution in [0, 0.1) is 5.41 Å². The Hall–Kier alpha value is -2.15. The van der Waals surface area contributed by atoms with E-state index in [2.05, 4.69) is 24.1 Å². The molecule has 0 unspecified atom stereocenters. The maximum Gasteiger partial charge on any atom is 0.267 e. The normalized spacial score (nSPS) is 15.5. The first-order chi connectivity index (χ1) is 13.1. The van der Waals surface area contributed by atoms with Crippen LogP contribution in [0.1, 0.15) is 46.0 Å². The first-order valence-corrected chi connectivity index (χ1v) is 10.2. The lowest BCUT2D eigenvalue weighted by molar-refractivity contribution is 0.0910. The molecule has 0 aliphatic heterocycles. The van der Waals surface area contributed by atoms with Crippen molar-refractivity contribution in [2.45, 2.75) is 26.7 Å². The molecule has 2 aromatic heterocycles. The van der Waals surface area contributed by atoms with Gasteiger partial charge >= 0.3 is 0 Å². The molecule has 28 heavy (non-hydrogen) atoms. The first-order valence-electron chi connectivity index (χ1n) is 8.66. The number of rotatable bonds is 2. The van der Waals surface area contributed by atoms with Gasteiger partial charge in [0.2, 0.25) is 0 Å². The molecule has 0 saturated carbocycles. The van der Waals surface area contributed by atoms with Crippen LogP contribution in [0.3, 0.4) is 0 Å². The number of fused-ring (bicyclic) bond motifs is 2. The molecule has 0 bridgehead atoms. The number of halogens is 2. The van der Waals surface area contributed by atoms with Crippen molar-refractivity contribution in [3.8, 4) is 0 Å². The second-order valence-electron chi connectivity index (χ2n) is 7.70. The van der Waals surface area contributed by atoms with E-state index in [9.17, 15) is 9.59 Å². The number of thiophene rings is 1. The van der Waals surface area contributed by atoms with E-state index in [4.69, 9.17) is 28.9 Å². The summed E-state index contributed by atoms with van der Waals surface area (Å²) in [5.41, 5.74) is 8.32. The van der Waals surface area contributed by atoms with E-state index in [1.807, 2.05) is 0 Å². The second-order valence-corrected chi connectivity index (χ2v) is 9.52. The fraction of sp³-hybridized carbons (Fsp3) is 0.250. The number of hydrogen-bond acceptors (Lipinski definition) is 5. The number of nitrogens with two attached hydrogens (primary N) is 1. The first kappa shape index (κ1) is 19.2. The zero-order chi connectivity index (χ0) is 20.2. The average molecular weight is 434 g/mol. The fourth-order valence-corrected chi connectivity index (χ4v) is 4.72. The number of nitrogen functional groups attached to an aromatic ring is 1. The van der Waals surface area contributed by atoms with Gasteiger partial charge in [-0.15, -0.1) is 11.3 Å². The van der Waals surface area contributed by atoms with Crippen molar-refractivity contribution in [2.24, 2.45) is 5.41 Å². The lowest BCUT2D eigenvalue weighted by Gasteiger charge is -2.29. The average Bonchev–Trinajstić information content (AvgIpc) is 2.92. The van der Waals surface area contributed by atoms with Crippen molar-refractivity contribution in [2.75, 3.05) is 11.1 Å². The molecule has 1 amide bonds. The van der Waals surface area contributed by atoms with Crippen molar-refractivity contribution >= 4 is 67.8 Å². The van der Waals surface area contributed by atoms with Crippen LogP contribution in [0.4, 0.5) is 11.4 Å². The molecule has 1 aromatic carbocycles. The molecule has 8 heteroatoms. The van der Waals surface area contributed by atoms with Gasteiger partial charge in [-0.3, -0.25) is 9.59 Å². The molecule has 3 N–H and O–H groups in total. The van der Waals surface area contributed by atoms with Gasteiger partial charge in [0, 0.05) is 23.1 Å². The third-order valence-electron chi connectivity index (χ3n) is 4.77. The molecule has 2 heterocycles. The number of nitrogens with zero attached hydrogens (tertiary/aromatic N) is 1. The number of amides is 1. The maximum absolute atomic E-state index is 12.7. The lowest BCUT2D eigenvalue weighted by Crippen LogP contribution is -2.27. The molecule has 5 nitrogen and oxygen atoms in total. The Bertz CT molecular complexity index is 1150. The number of hydrogen-bond donors (Lipinski definition) is 2. The predicted octanol–water partition coefficient (Wildman–Crippen LogP) is 5.59. The lowest BCUT2D eigenvalue weighted by atomic mass is 9.75. The Morgan fingerprint density at radius 1 is 1.21 bits per heavy atom. The summed E-state index contributed by atoms with van der Waals surface area (Å²) in [5, 5.41) is 4.16. The summed E-state index contributed by atoms with van der Waals surface area (Å²) < 4.78 is 0. The number of ketones is 1. The number of Topliss-reactive ketones (excluding diaryl/α,β-unsaturated/α-hetero) is 1. The molecule has 0 atom stereocenters. The summed E-state index contributed by atoms with van der Waals surface area (Å²) in [6.07, 6.45) is 1.19. The van der Waals surface area contributed by atoms with Gasteiger partial charge in [-0.25, -0.2) is 4.98 Å². The van der Waals surface area contributed by atoms with E-state index >= 15 is 0 Å². The molecule has 3 aromatic rings. The van der Waals surface area contributed by atoms with Gasteiger partial charge in [-0.1, -0.05) is 37.0 Å². The Balaban J connectivity index is 1.72. The van der Waals surface area contributed by atoms with E-state index < -0.39 is 0 Å². The van der Waals surface area contributed by atoms with E-state index in [1.54, 1.807) is 24.3 Å². The van der Waals surface area contributed by atoms with Crippen molar-refractivity contribution in [3.63, 3.8) is 0 Å². The van der Waals surface area contributed by atoms with E-state index in [0.29, 0.717) is 54.9 Å². The standard InChI is InChI=1S/C20H17Cl2N3O2S/c1-20(2)7-14-10(15(26)8-20)6-11-16(23)17(28-19(11)25-14)18(27)24-9-3-4-12(21)13(22)5-9/h3-6H,7-8,23H2,1-2H3,(H,24,27). The van der Waals surface area contributed by atoms with Crippen molar-refractivity contribution < 1.29 is 9.59 Å². The van der Waals surface area contributed by atoms with Crippen LogP contribution in [0.15, 0.2) is 24.3 Å². The van der Waals surface area contributed by atoms with Crippen molar-refractivity contribution in [1.82, 2.24) is 4.98 Å². The predicted molar refractivity (Wildman–Crippen MR) is 115 cm³/mol. The number of aromatic nitrogens is 1. The molecule has 0 spiro atoms. The van der Waals surface area contributed by atoms with Gasteiger partial charge < -0.3 is 11.1 Å². The third-order valence-corrected chi connectivity index (χ3v) is 6.62. The molecule has 0 fully saturated rings. The van der Waals surface area contributed by atoms with Gasteiger partial charge in [0.25, 0.3) is 5.91 Å². The Morgan fingerprint density at radius 3 is 2.68 bits per heavy atom. The number of anilines is 2. The Morgan fingerprint density at radius 2 is 1.96 bits per heavy atom. The molecule has 4 rings (SSSR count). The number of carbonyl (C=O) groups excluding carboxylic acids is 2. The van der Waals surface area contributed by atoms with E-state index in [-0.39, 0.29) is 17.1 Å². The van der Waals surface area contributed by atoms with Crippen molar-refractivity contribution in [3.05, 3.63) is 50.4 Å². The SMILES string of the molecule is CC1(C)CC(=O)c2cc3c(N)c(C(=O)Nc4ccc(Cl)c(Cl)c4)sc3nc2C1. The highest BCUT2D eigenvalue weighted by Crippen LogP contribution is 2.39. The Kier molecular flexibility index (Phi) is 4.61. The molecule has 1 aliphatic carbocycles. The zero-order valence-corrected chi connectivity index (χ0v) is 17.6. The highest BCUT2D eigenvalue weighted by molar-refractivity contribution is 7.21. The summed E-state index contributed by atoms with van der Waals surface area (Å²) in [7, 11) is 0. The summed E-state index contributed by atoms with van der Waals surface area (Å²) in [5.74, 6) is -0.295. The topological polar surface area (TPSA) is 85.1 Å². The van der Waals surface area contributed by atoms with Crippen LogP contribution in [0.5, 0.6) is 0 Å². The van der Waals surface area contributed by atoms with E-state index in [1.165, 1.54) is 11.3 Å². The number of nitrogens with one attached hydrogen (secondary N) is 1. The smallest absolute Gasteiger partial charge is 0.267 e. The van der Waals surface area contributed by atoms with Gasteiger partial charge in [-0.2, -0.15) is 0 Å². The van der Waals surface area contributed by atoms with Crippen LogP contribution in [-0.4, -0.2) is 16.7 Å². The van der Waals surface area contributed by atoms with Gasteiger partial charge in [0.15, 0.2) is 5.78 Å². The minimum Gasteiger partial charge on any atom is -0.397 e. The summed E-state index contributed by atoms with van der Waals surface area (Å²) in [6.45, 7) is 4.11. The minimum atomic E-state index is -0.358. The van der Waals surface area contributed by atoms with Crippen LogP contribution >= 0.6 is 34.5 Å². The molecule has 0 saturated heterocycles. The van der Waals surface area contributed by atoms with Crippen LogP contribution in [0.25, 0.3) is 10.2 Å². The van der Waals surface area contributed by atoms with Crippen LogP contribution in [-0.2, 0) is 6.42 Å². The minimum absolute atomic E-state index is 0.0630. The summed E-state index contributed by atoms with van der Waals surface area (Å²) in [6, 6.07) is 6.62. The van der Waals surface area contributed by atoms with Crippen LogP contribution in [0.2, 0.25) is 10.0 Å². The van der Waals surface area contributed by atoms with Gasteiger partial charge in [0.1, 0.15) is 9.71 Å². The van der Waals surface area contributed by atoms with Gasteiger partial charge in [0.05, 0.1) is 21.4 Å². The second kappa shape index (κ2) is 6.72. The number of carbonyl (C=O) groups is 2. The monoisotopic (exact) mass is 433 g/mol. The highest BCUT2D eigenvalue weighted by Gasteiger charge is 2.33. The molecular formula is C20H17Cl2N3O2S. The summed E-state index contributed by atoms with van der Waals surface area (Å²) in [4.78, 5) is 30.9. The van der Waals surface area contributed by atoms with Gasteiger partial charge in [-0.05, 0) is 36.1 Å². The number of benzene rings is 1. The molecule has 1 aliphatic rings. The maximum atomic E-state index is 12.7. The molecule has 0 radical (unpaired) electrons. The van der Waals surface area contributed by atoms with E-state index in [0.717, 1.165) is 5.69 Å². The zero-order valence-electron chi connectivity index (χ0n) is 15.2. The van der Waals surface area contributed by atoms with Crippen molar-refractivity contribution in [1.29, 1.82) is 0 Å². The third kappa shape index (κ3) is 3.36. The highest BCUT2D eigenvalue weighted by atomic mass is 35.5. The molecule has 144 valence electrons.